The summed E-state index contributed by atoms with van der Waals surface area (Å²) in [7, 11) is 2.10. The van der Waals surface area contributed by atoms with Gasteiger partial charge in [0.1, 0.15) is 5.82 Å². The van der Waals surface area contributed by atoms with Gasteiger partial charge in [-0.15, -0.1) is 0 Å². The van der Waals surface area contributed by atoms with E-state index in [-0.39, 0.29) is 0 Å². The van der Waals surface area contributed by atoms with Crippen molar-refractivity contribution < 1.29 is 0 Å². The first-order valence-corrected chi connectivity index (χ1v) is 7.94. The van der Waals surface area contributed by atoms with Crippen LogP contribution in [0.2, 0.25) is 0 Å². The van der Waals surface area contributed by atoms with Gasteiger partial charge < -0.3 is 9.88 Å². The molecule has 114 valence electrons. The van der Waals surface area contributed by atoms with Crippen molar-refractivity contribution in [2.75, 3.05) is 19.6 Å². The van der Waals surface area contributed by atoms with E-state index in [1.807, 2.05) is 0 Å². The summed E-state index contributed by atoms with van der Waals surface area (Å²) in [6.45, 7) is 13.3. The molecule has 0 aliphatic carbocycles. The molecule has 1 atom stereocenters. The van der Waals surface area contributed by atoms with E-state index in [1.54, 1.807) is 0 Å². The average molecular weight is 278 g/mol. The minimum Gasteiger partial charge on any atom is -0.334 e. The molecule has 0 aromatic carbocycles. The summed E-state index contributed by atoms with van der Waals surface area (Å²) < 4.78 is 2.20. The molecule has 1 aromatic heterocycles. The number of aryl methyl sites for hydroxylation is 1. The third-order valence-electron chi connectivity index (χ3n) is 4.73. The van der Waals surface area contributed by atoms with Crippen molar-refractivity contribution in [3.05, 3.63) is 17.2 Å². The third-order valence-corrected chi connectivity index (χ3v) is 4.73. The first-order chi connectivity index (χ1) is 9.50. The number of hydrogen-bond acceptors (Lipinski definition) is 3. The number of imidazole rings is 1. The molecular weight excluding hydrogens is 248 g/mol. The van der Waals surface area contributed by atoms with Gasteiger partial charge in [-0.05, 0) is 45.7 Å². The summed E-state index contributed by atoms with van der Waals surface area (Å²) in [5.41, 5.74) is 2.41. The molecule has 1 aliphatic heterocycles. The predicted octanol–water partition coefficient (Wildman–Crippen LogP) is 2.25. The van der Waals surface area contributed by atoms with Crippen molar-refractivity contribution >= 4 is 0 Å². The van der Waals surface area contributed by atoms with Crippen molar-refractivity contribution in [2.45, 2.75) is 53.1 Å². The van der Waals surface area contributed by atoms with Crippen molar-refractivity contribution in [2.24, 2.45) is 13.0 Å². The van der Waals surface area contributed by atoms with Gasteiger partial charge in [-0.2, -0.15) is 0 Å². The smallest absolute Gasteiger partial charge is 0.122 e. The zero-order valence-electron chi connectivity index (χ0n) is 13.7. The van der Waals surface area contributed by atoms with Crippen LogP contribution in [0, 0.1) is 19.8 Å². The van der Waals surface area contributed by atoms with Gasteiger partial charge in [0.2, 0.25) is 0 Å². The van der Waals surface area contributed by atoms with Gasteiger partial charge in [0, 0.05) is 25.3 Å². The molecule has 0 spiro atoms. The Labute approximate surface area is 123 Å². The van der Waals surface area contributed by atoms with E-state index in [0.29, 0.717) is 12.0 Å². The summed E-state index contributed by atoms with van der Waals surface area (Å²) in [5.74, 6) is 1.84. The van der Waals surface area contributed by atoms with E-state index in [2.05, 4.69) is 54.5 Å². The van der Waals surface area contributed by atoms with Crippen LogP contribution in [0.3, 0.4) is 0 Å². The molecule has 20 heavy (non-hydrogen) atoms. The largest absolute Gasteiger partial charge is 0.334 e. The second kappa shape index (κ2) is 6.72. The minimum atomic E-state index is 0.653. The van der Waals surface area contributed by atoms with Gasteiger partial charge in [-0.3, -0.25) is 4.90 Å². The van der Waals surface area contributed by atoms with Gasteiger partial charge in [-0.25, -0.2) is 4.98 Å². The number of likely N-dealkylation sites (tertiary alicyclic amines) is 1. The third kappa shape index (κ3) is 3.41. The first-order valence-electron chi connectivity index (χ1n) is 7.94. The number of hydrogen-bond donors (Lipinski definition) is 1. The minimum absolute atomic E-state index is 0.653. The standard InChI is InChI=1S/C16H30N4/c1-12(2)15(20-8-6-7-9-20)10-17-11-16-18-13(3)14(4)19(16)5/h12,15,17H,6-11H2,1-5H3. The highest BCUT2D eigenvalue weighted by molar-refractivity contribution is 5.13. The molecule has 1 fully saturated rings. The monoisotopic (exact) mass is 278 g/mol. The highest BCUT2D eigenvalue weighted by atomic mass is 15.2. The Morgan fingerprint density at radius 1 is 1.20 bits per heavy atom. The fraction of sp³-hybridized carbons (Fsp3) is 0.812. The quantitative estimate of drug-likeness (QED) is 0.866. The normalized spacial score (nSPS) is 18.1. The molecular formula is C16H30N4. The molecule has 0 bridgehead atoms. The molecule has 1 saturated heterocycles. The number of nitrogens with zero attached hydrogens (tertiary/aromatic N) is 3. The van der Waals surface area contributed by atoms with E-state index < -0.39 is 0 Å². The molecule has 0 radical (unpaired) electrons. The van der Waals surface area contributed by atoms with Crippen LogP contribution in [0.4, 0.5) is 0 Å². The van der Waals surface area contributed by atoms with Gasteiger partial charge in [0.05, 0.1) is 12.2 Å². The fourth-order valence-corrected chi connectivity index (χ4v) is 3.14. The maximum absolute atomic E-state index is 4.64. The molecule has 1 aliphatic rings. The second-order valence-corrected chi connectivity index (χ2v) is 6.44. The SMILES string of the molecule is Cc1nc(CNCC(C(C)C)N2CCCC2)n(C)c1C. The van der Waals surface area contributed by atoms with Crippen molar-refractivity contribution in [1.29, 1.82) is 0 Å². The maximum atomic E-state index is 4.64. The molecule has 4 nitrogen and oxygen atoms in total. The highest BCUT2D eigenvalue weighted by Gasteiger charge is 2.24. The van der Waals surface area contributed by atoms with E-state index in [1.165, 1.54) is 31.6 Å². The Morgan fingerprint density at radius 2 is 1.85 bits per heavy atom. The molecule has 2 rings (SSSR count). The van der Waals surface area contributed by atoms with Crippen LogP contribution in [0.15, 0.2) is 0 Å². The summed E-state index contributed by atoms with van der Waals surface area (Å²) in [4.78, 5) is 7.28. The van der Waals surface area contributed by atoms with E-state index in [4.69, 9.17) is 0 Å². The molecule has 1 unspecified atom stereocenters. The van der Waals surface area contributed by atoms with E-state index in [9.17, 15) is 0 Å². The van der Waals surface area contributed by atoms with E-state index in [0.717, 1.165) is 24.6 Å². The van der Waals surface area contributed by atoms with Crippen molar-refractivity contribution in [1.82, 2.24) is 19.8 Å². The Hall–Kier alpha value is -0.870. The fourth-order valence-electron chi connectivity index (χ4n) is 3.14. The first kappa shape index (κ1) is 15.5. The second-order valence-electron chi connectivity index (χ2n) is 6.44. The molecule has 1 N–H and O–H groups in total. The summed E-state index contributed by atoms with van der Waals surface area (Å²) >= 11 is 0. The van der Waals surface area contributed by atoms with Gasteiger partial charge in [0.15, 0.2) is 0 Å². The molecule has 2 heterocycles. The predicted molar refractivity (Wildman–Crippen MR) is 83.8 cm³/mol. The van der Waals surface area contributed by atoms with Crippen molar-refractivity contribution in [3.8, 4) is 0 Å². The van der Waals surface area contributed by atoms with Crippen LogP contribution >= 0.6 is 0 Å². The van der Waals surface area contributed by atoms with Crippen LogP contribution in [-0.4, -0.2) is 40.1 Å². The van der Waals surface area contributed by atoms with E-state index >= 15 is 0 Å². The molecule has 0 saturated carbocycles. The lowest BCUT2D eigenvalue weighted by atomic mass is 10.0. The number of rotatable bonds is 6. The number of nitrogens with one attached hydrogen (secondary N) is 1. The topological polar surface area (TPSA) is 33.1 Å². The Morgan fingerprint density at radius 3 is 2.35 bits per heavy atom. The molecule has 4 heteroatoms. The lowest BCUT2D eigenvalue weighted by Gasteiger charge is -2.31. The molecule has 1 aromatic rings. The summed E-state index contributed by atoms with van der Waals surface area (Å²) in [6.07, 6.45) is 2.72. The van der Waals surface area contributed by atoms with Crippen LogP contribution < -0.4 is 5.32 Å². The molecule has 0 amide bonds. The average Bonchev–Trinajstić information content (AvgIpc) is 3.00. The Kier molecular flexibility index (Phi) is 5.22. The van der Waals surface area contributed by atoms with Crippen LogP contribution in [0.1, 0.15) is 43.9 Å². The zero-order valence-corrected chi connectivity index (χ0v) is 13.7. The number of aromatic nitrogens is 2. The van der Waals surface area contributed by atoms with Crippen LogP contribution in [0.5, 0.6) is 0 Å². The van der Waals surface area contributed by atoms with Crippen LogP contribution in [0.25, 0.3) is 0 Å². The van der Waals surface area contributed by atoms with Gasteiger partial charge >= 0.3 is 0 Å². The maximum Gasteiger partial charge on any atom is 0.122 e. The van der Waals surface area contributed by atoms with Gasteiger partial charge in [-0.1, -0.05) is 13.8 Å². The lowest BCUT2D eigenvalue weighted by Crippen LogP contribution is -2.44. The van der Waals surface area contributed by atoms with Gasteiger partial charge in [0.25, 0.3) is 0 Å². The lowest BCUT2D eigenvalue weighted by molar-refractivity contribution is 0.186. The van der Waals surface area contributed by atoms with Crippen LogP contribution in [-0.2, 0) is 13.6 Å². The Balaban J connectivity index is 1.88. The zero-order chi connectivity index (χ0) is 14.7. The highest BCUT2D eigenvalue weighted by Crippen LogP contribution is 2.17. The summed E-state index contributed by atoms with van der Waals surface area (Å²) in [6, 6.07) is 0.653. The summed E-state index contributed by atoms with van der Waals surface area (Å²) in [5, 5.41) is 3.62. The Bertz CT molecular complexity index is 430. The van der Waals surface area contributed by atoms with Crippen molar-refractivity contribution in [3.63, 3.8) is 0 Å².